The maximum Gasteiger partial charge on any atom is 0.220 e. The van der Waals surface area contributed by atoms with E-state index in [0.29, 0.717) is 31.0 Å². The first-order chi connectivity index (χ1) is 15.2. The van der Waals surface area contributed by atoms with Crippen molar-refractivity contribution in [2.45, 2.75) is 26.0 Å². The first-order valence-electron chi connectivity index (χ1n) is 10.2. The van der Waals surface area contributed by atoms with Gasteiger partial charge in [-0.15, -0.1) is 11.3 Å². The molecule has 0 radical (unpaired) electrons. The zero-order chi connectivity index (χ0) is 21.2. The third-order valence-corrected chi connectivity index (χ3v) is 6.54. The second-order valence-electron chi connectivity index (χ2n) is 7.46. The van der Waals surface area contributed by atoms with Gasteiger partial charge in [0.2, 0.25) is 5.91 Å². The van der Waals surface area contributed by atoms with Gasteiger partial charge in [0.05, 0.1) is 12.2 Å². The number of hydrogen-bond acceptors (Lipinski definition) is 3. The number of hydrogen-bond donors (Lipinski definition) is 1. The highest BCUT2D eigenvalue weighted by Crippen LogP contribution is 2.41. The van der Waals surface area contributed by atoms with E-state index >= 15 is 0 Å². The minimum Gasteiger partial charge on any atom is -0.488 e. The SMILES string of the molecule is O=C(CCc1cc2c(n1-c1ccc(Cl)cc1)-c1ccccc1OC2)NCc1cccs1. The average molecular weight is 449 g/mol. The third kappa shape index (κ3) is 4.11. The van der Waals surface area contributed by atoms with Gasteiger partial charge in [-0.25, -0.2) is 0 Å². The van der Waals surface area contributed by atoms with E-state index in [9.17, 15) is 4.79 Å². The maximum atomic E-state index is 12.5. The Balaban J connectivity index is 1.45. The standard InChI is InChI=1S/C25H21ClN2O2S/c26-18-7-9-19(10-8-18)28-20(11-12-24(29)27-15-21-4-3-13-31-21)14-17-16-30-23-6-2-1-5-22(23)25(17)28/h1-10,13-14H,11-12,15-16H2,(H,27,29). The number of aromatic nitrogens is 1. The molecule has 0 atom stereocenters. The molecule has 4 nitrogen and oxygen atoms in total. The van der Waals surface area contributed by atoms with Crippen molar-refractivity contribution in [2.75, 3.05) is 0 Å². The molecular weight excluding hydrogens is 428 g/mol. The van der Waals surface area contributed by atoms with Crippen LogP contribution in [-0.4, -0.2) is 10.5 Å². The van der Waals surface area contributed by atoms with E-state index in [2.05, 4.69) is 22.0 Å². The summed E-state index contributed by atoms with van der Waals surface area (Å²) < 4.78 is 8.20. The Kier molecular flexibility index (Phi) is 5.53. The molecule has 1 aliphatic rings. The van der Waals surface area contributed by atoms with Crippen LogP contribution < -0.4 is 10.1 Å². The van der Waals surface area contributed by atoms with Crippen LogP contribution in [0.2, 0.25) is 5.02 Å². The summed E-state index contributed by atoms with van der Waals surface area (Å²) in [5, 5.41) is 5.74. The summed E-state index contributed by atoms with van der Waals surface area (Å²) in [6.45, 7) is 1.09. The molecule has 0 fully saturated rings. The summed E-state index contributed by atoms with van der Waals surface area (Å²) in [5.41, 5.74) is 5.42. The molecule has 0 spiro atoms. The Morgan fingerprint density at radius 3 is 2.74 bits per heavy atom. The molecule has 1 amide bonds. The van der Waals surface area contributed by atoms with Gasteiger partial charge in [0.1, 0.15) is 12.4 Å². The molecule has 0 saturated carbocycles. The van der Waals surface area contributed by atoms with Crippen LogP contribution in [0.25, 0.3) is 16.9 Å². The highest BCUT2D eigenvalue weighted by molar-refractivity contribution is 7.09. The summed E-state index contributed by atoms with van der Waals surface area (Å²) in [5.74, 6) is 0.926. The predicted molar refractivity (Wildman–Crippen MR) is 125 cm³/mol. The van der Waals surface area contributed by atoms with Crippen molar-refractivity contribution >= 4 is 28.8 Å². The second-order valence-corrected chi connectivity index (χ2v) is 8.93. The van der Waals surface area contributed by atoms with Crippen molar-refractivity contribution in [1.82, 2.24) is 9.88 Å². The number of amides is 1. The molecule has 3 heterocycles. The predicted octanol–water partition coefficient (Wildman–Crippen LogP) is 6.00. The normalized spacial score (nSPS) is 12.0. The Bertz CT molecular complexity index is 1210. The van der Waals surface area contributed by atoms with Crippen molar-refractivity contribution in [3.8, 4) is 22.7 Å². The van der Waals surface area contributed by atoms with Gasteiger partial charge in [0, 0.05) is 38.8 Å². The second kappa shape index (κ2) is 8.61. The lowest BCUT2D eigenvalue weighted by atomic mass is 10.0. The quantitative estimate of drug-likeness (QED) is 0.393. The van der Waals surface area contributed by atoms with Crippen LogP contribution in [0.4, 0.5) is 0 Å². The van der Waals surface area contributed by atoms with Gasteiger partial charge >= 0.3 is 0 Å². The molecule has 6 heteroatoms. The number of fused-ring (bicyclic) bond motifs is 3. The van der Waals surface area contributed by atoms with Crippen LogP contribution in [0.3, 0.4) is 0 Å². The number of benzene rings is 2. The molecule has 156 valence electrons. The lowest BCUT2D eigenvalue weighted by Gasteiger charge is -2.21. The van der Waals surface area contributed by atoms with E-state index in [4.69, 9.17) is 16.3 Å². The van der Waals surface area contributed by atoms with Gasteiger partial charge < -0.3 is 14.6 Å². The van der Waals surface area contributed by atoms with Gasteiger partial charge in [-0.05, 0) is 60.3 Å². The molecule has 31 heavy (non-hydrogen) atoms. The average Bonchev–Trinajstić information content (AvgIpc) is 3.44. The number of nitrogens with one attached hydrogen (secondary N) is 1. The van der Waals surface area contributed by atoms with Crippen LogP contribution in [-0.2, 0) is 24.4 Å². The molecule has 5 rings (SSSR count). The molecule has 2 aromatic carbocycles. The highest BCUT2D eigenvalue weighted by Gasteiger charge is 2.24. The summed E-state index contributed by atoms with van der Waals surface area (Å²) in [4.78, 5) is 13.6. The number of halogens is 1. The number of aryl methyl sites for hydroxylation is 1. The van der Waals surface area contributed by atoms with E-state index in [1.54, 1.807) is 11.3 Å². The minimum atomic E-state index is 0.0480. The van der Waals surface area contributed by atoms with Crippen molar-refractivity contribution < 1.29 is 9.53 Å². The van der Waals surface area contributed by atoms with E-state index < -0.39 is 0 Å². The van der Waals surface area contributed by atoms with Crippen molar-refractivity contribution in [3.05, 3.63) is 93.3 Å². The first-order valence-corrected chi connectivity index (χ1v) is 11.5. The largest absolute Gasteiger partial charge is 0.488 e. The number of carbonyl (C=O) groups excluding carboxylic acids is 1. The van der Waals surface area contributed by atoms with Gasteiger partial charge in [-0.1, -0.05) is 29.8 Å². The summed E-state index contributed by atoms with van der Waals surface area (Å²) >= 11 is 7.78. The number of carbonyl (C=O) groups is 1. The smallest absolute Gasteiger partial charge is 0.220 e. The number of rotatable bonds is 6. The number of para-hydroxylation sites is 1. The summed E-state index contributed by atoms with van der Waals surface area (Å²) in [6.07, 6.45) is 1.05. The molecule has 1 aliphatic heterocycles. The molecule has 0 bridgehead atoms. The lowest BCUT2D eigenvalue weighted by Crippen LogP contribution is -2.22. The van der Waals surface area contributed by atoms with Crippen LogP contribution in [0.1, 0.15) is 22.6 Å². The fraction of sp³-hybridized carbons (Fsp3) is 0.160. The zero-order valence-electron chi connectivity index (χ0n) is 16.8. The van der Waals surface area contributed by atoms with E-state index in [0.717, 1.165) is 38.8 Å². The fourth-order valence-electron chi connectivity index (χ4n) is 3.97. The van der Waals surface area contributed by atoms with Gasteiger partial charge in [-0.2, -0.15) is 0 Å². The molecule has 1 N–H and O–H groups in total. The molecule has 0 unspecified atom stereocenters. The summed E-state index contributed by atoms with van der Waals surface area (Å²) in [7, 11) is 0. The third-order valence-electron chi connectivity index (χ3n) is 5.41. The van der Waals surface area contributed by atoms with Crippen molar-refractivity contribution in [1.29, 1.82) is 0 Å². The van der Waals surface area contributed by atoms with Gasteiger partial charge in [-0.3, -0.25) is 4.79 Å². The molecule has 0 saturated heterocycles. The number of thiophene rings is 1. The monoisotopic (exact) mass is 448 g/mol. The van der Waals surface area contributed by atoms with Crippen LogP contribution in [0, 0.1) is 0 Å². The summed E-state index contributed by atoms with van der Waals surface area (Å²) in [6, 6.07) is 22.1. The Morgan fingerprint density at radius 1 is 1.10 bits per heavy atom. The maximum absolute atomic E-state index is 12.5. The number of nitrogens with zero attached hydrogens (tertiary/aromatic N) is 1. The lowest BCUT2D eigenvalue weighted by molar-refractivity contribution is -0.121. The van der Waals surface area contributed by atoms with Crippen LogP contribution in [0.15, 0.2) is 72.1 Å². The first kappa shape index (κ1) is 19.9. The number of ether oxygens (including phenoxy) is 1. The minimum absolute atomic E-state index is 0.0480. The topological polar surface area (TPSA) is 43.3 Å². The Hall–Kier alpha value is -3.02. The zero-order valence-corrected chi connectivity index (χ0v) is 18.4. The van der Waals surface area contributed by atoms with Crippen LogP contribution in [0.5, 0.6) is 5.75 Å². The molecule has 2 aromatic heterocycles. The van der Waals surface area contributed by atoms with Gasteiger partial charge in [0.15, 0.2) is 0 Å². The van der Waals surface area contributed by atoms with Crippen molar-refractivity contribution in [3.63, 3.8) is 0 Å². The molecular formula is C25H21ClN2O2S. The Labute approximate surface area is 190 Å². The highest BCUT2D eigenvalue weighted by atomic mass is 35.5. The fourth-order valence-corrected chi connectivity index (χ4v) is 4.74. The Morgan fingerprint density at radius 2 is 1.94 bits per heavy atom. The molecule has 0 aliphatic carbocycles. The van der Waals surface area contributed by atoms with E-state index in [1.165, 1.54) is 0 Å². The van der Waals surface area contributed by atoms with Gasteiger partial charge in [0.25, 0.3) is 0 Å². The molecule has 4 aromatic rings. The van der Waals surface area contributed by atoms with Crippen LogP contribution >= 0.6 is 22.9 Å². The van der Waals surface area contributed by atoms with Crippen molar-refractivity contribution in [2.24, 2.45) is 0 Å². The van der Waals surface area contributed by atoms with E-state index in [1.807, 2.05) is 60.0 Å². The van der Waals surface area contributed by atoms with E-state index in [-0.39, 0.29) is 5.91 Å².